The van der Waals surface area contributed by atoms with Crippen molar-refractivity contribution in [1.29, 1.82) is 0 Å². The lowest BCUT2D eigenvalue weighted by Gasteiger charge is -2.08. The molecule has 2 aromatic carbocycles. The third-order valence-electron chi connectivity index (χ3n) is 4.60. The van der Waals surface area contributed by atoms with E-state index in [1.807, 2.05) is 36.4 Å². The molecule has 2 aromatic heterocycles. The van der Waals surface area contributed by atoms with Crippen LogP contribution >= 0.6 is 11.8 Å². The topological polar surface area (TPSA) is 75.0 Å². The maximum Gasteiger partial charge on any atom is 0.231 e. The van der Waals surface area contributed by atoms with E-state index in [1.165, 1.54) is 5.56 Å². The molecular weight excluding hydrogens is 374 g/mol. The highest BCUT2D eigenvalue weighted by molar-refractivity contribution is 7.98. The maximum atomic E-state index is 5.47. The average molecular weight is 391 g/mol. The summed E-state index contributed by atoms with van der Waals surface area (Å²) in [4.78, 5) is 4.82. The lowest BCUT2D eigenvalue weighted by atomic mass is 10.1. The van der Waals surface area contributed by atoms with Crippen LogP contribution in [0.2, 0.25) is 0 Å². The van der Waals surface area contributed by atoms with Crippen molar-refractivity contribution in [1.82, 2.24) is 25.2 Å². The van der Waals surface area contributed by atoms with Crippen LogP contribution in [0.25, 0.3) is 16.6 Å². The van der Waals surface area contributed by atoms with Crippen molar-refractivity contribution in [2.24, 2.45) is 0 Å². The summed E-state index contributed by atoms with van der Waals surface area (Å²) in [5.74, 6) is 2.90. The minimum absolute atomic E-state index is 0.258. The molecule has 7 nitrogen and oxygen atoms in total. The zero-order chi connectivity index (χ0) is 19.1. The van der Waals surface area contributed by atoms with Crippen LogP contribution in [0.1, 0.15) is 17.0 Å². The van der Waals surface area contributed by atoms with Crippen molar-refractivity contribution in [2.75, 3.05) is 6.79 Å². The highest BCUT2D eigenvalue weighted by Crippen LogP contribution is 2.37. The van der Waals surface area contributed by atoms with Crippen LogP contribution in [-0.4, -0.2) is 32.0 Å². The molecule has 0 aliphatic carbocycles. The Bertz CT molecular complexity index is 1170. The number of thioether (sulfide) groups is 1. The van der Waals surface area contributed by atoms with E-state index in [4.69, 9.17) is 14.5 Å². The molecule has 0 fully saturated rings. The molecule has 5 rings (SSSR count). The summed E-state index contributed by atoms with van der Waals surface area (Å²) in [6, 6.07) is 14.2. The number of benzene rings is 2. The summed E-state index contributed by atoms with van der Waals surface area (Å²) < 4.78 is 12.7. The van der Waals surface area contributed by atoms with Gasteiger partial charge in [-0.1, -0.05) is 29.5 Å². The molecule has 0 spiro atoms. The van der Waals surface area contributed by atoms with Crippen LogP contribution in [0.15, 0.2) is 47.5 Å². The van der Waals surface area contributed by atoms with Gasteiger partial charge in [-0.25, -0.2) is 4.98 Å². The molecule has 0 amide bonds. The fraction of sp³-hybridized carbons (Fsp3) is 0.200. The number of rotatable bonds is 4. The molecule has 0 saturated heterocycles. The van der Waals surface area contributed by atoms with Crippen LogP contribution in [0.5, 0.6) is 11.5 Å². The molecule has 1 aliphatic rings. The number of tetrazole rings is 1. The Morgan fingerprint density at radius 3 is 2.64 bits per heavy atom. The van der Waals surface area contributed by atoms with E-state index in [1.54, 1.807) is 16.4 Å². The summed E-state index contributed by atoms with van der Waals surface area (Å²) in [5, 5.41) is 14.1. The van der Waals surface area contributed by atoms with Gasteiger partial charge in [0, 0.05) is 11.5 Å². The van der Waals surface area contributed by atoms with Crippen molar-refractivity contribution in [2.45, 2.75) is 24.6 Å². The Morgan fingerprint density at radius 2 is 1.82 bits per heavy atom. The van der Waals surface area contributed by atoms with Crippen LogP contribution < -0.4 is 9.47 Å². The fourth-order valence-electron chi connectivity index (χ4n) is 3.11. The van der Waals surface area contributed by atoms with Gasteiger partial charge in [0.1, 0.15) is 5.03 Å². The van der Waals surface area contributed by atoms with Crippen molar-refractivity contribution in [3.05, 3.63) is 59.4 Å². The van der Waals surface area contributed by atoms with Gasteiger partial charge in [0.25, 0.3) is 0 Å². The van der Waals surface area contributed by atoms with E-state index in [0.717, 1.165) is 44.5 Å². The van der Waals surface area contributed by atoms with Crippen molar-refractivity contribution in [3.63, 3.8) is 0 Å². The standard InChI is InChI=1S/C20H17N5O2S/c1-12-3-5-15(6-4-12)25-19(22-23-24-25)10-28-20-13(2)7-14-8-17-18(27-11-26-17)9-16(14)21-20/h3-9H,10-11H2,1-2H3. The first-order chi connectivity index (χ1) is 13.7. The van der Waals surface area contributed by atoms with Gasteiger partial charge in [0.15, 0.2) is 17.3 Å². The second-order valence-electron chi connectivity index (χ2n) is 6.64. The first-order valence-electron chi connectivity index (χ1n) is 8.85. The smallest absolute Gasteiger partial charge is 0.231 e. The number of nitrogens with zero attached hydrogens (tertiary/aromatic N) is 5. The van der Waals surface area contributed by atoms with Crippen LogP contribution in [-0.2, 0) is 5.75 Å². The quantitative estimate of drug-likeness (QED) is 0.489. The highest BCUT2D eigenvalue weighted by atomic mass is 32.2. The molecule has 8 heteroatoms. The summed E-state index contributed by atoms with van der Waals surface area (Å²) >= 11 is 1.62. The minimum Gasteiger partial charge on any atom is -0.454 e. The molecule has 1 aliphatic heterocycles. The number of fused-ring (bicyclic) bond motifs is 2. The van der Waals surface area contributed by atoms with Gasteiger partial charge in [-0.15, -0.1) is 5.10 Å². The lowest BCUT2D eigenvalue weighted by Crippen LogP contribution is -2.02. The van der Waals surface area contributed by atoms with Gasteiger partial charge in [-0.05, 0) is 54.1 Å². The van der Waals surface area contributed by atoms with Crippen LogP contribution in [0.4, 0.5) is 0 Å². The second-order valence-corrected chi connectivity index (χ2v) is 7.60. The SMILES string of the molecule is Cc1ccc(-n2nnnc2CSc2nc3cc4c(cc3cc2C)OCO4)cc1. The van der Waals surface area contributed by atoms with Gasteiger partial charge < -0.3 is 9.47 Å². The minimum atomic E-state index is 0.258. The van der Waals surface area contributed by atoms with E-state index in [-0.39, 0.29) is 6.79 Å². The monoisotopic (exact) mass is 391 g/mol. The molecule has 4 aromatic rings. The molecule has 0 atom stereocenters. The predicted molar refractivity (Wildman–Crippen MR) is 106 cm³/mol. The van der Waals surface area contributed by atoms with E-state index in [9.17, 15) is 0 Å². The molecule has 0 bridgehead atoms. The van der Waals surface area contributed by atoms with Crippen molar-refractivity contribution < 1.29 is 9.47 Å². The number of hydrogen-bond donors (Lipinski definition) is 0. The van der Waals surface area contributed by atoms with Crippen LogP contribution in [0, 0.1) is 13.8 Å². The molecule has 3 heterocycles. The second kappa shape index (κ2) is 6.79. The molecule has 0 saturated carbocycles. The lowest BCUT2D eigenvalue weighted by molar-refractivity contribution is 0.174. The van der Waals surface area contributed by atoms with Gasteiger partial charge in [-0.2, -0.15) is 4.68 Å². The van der Waals surface area contributed by atoms with E-state index in [0.29, 0.717) is 5.75 Å². The molecule has 28 heavy (non-hydrogen) atoms. The Balaban J connectivity index is 1.42. The Hall–Kier alpha value is -3.13. The number of aromatic nitrogens is 5. The summed E-state index contributed by atoms with van der Waals surface area (Å²) in [6.45, 7) is 4.37. The molecule has 0 radical (unpaired) electrons. The summed E-state index contributed by atoms with van der Waals surface area (Å²) in [7, 11) is 0. The van der Waals surface area contributed by atoms with Gasteiger partial charge >= 0.3 is 0 Å². The zero-order valence-corrected chi connectivity index (χ0v) is 16.2. The first kappa shape index (κ1) is 17.0. The van der Waals surface area contributed by atoms with E-state index in [2.05, 4.69) is 35.4 Å². The van der Waals surface area contributed by atoms with Crippen molar-refractivity contribution >= 4 is 22.7 Å². The van der Waals surface area contributed by atoms with Crippen molar-refractivity contribution in [3.8, 4) is 17.2 Å². The normalized spacial score (nSPS) is 12.6. The molecule has 140 valence electrons. The first-order valence-corrected chi connectivity index (χ1v) is 9.84. The number of pyridine rings is 1. The third kappa shape index (κ3) is 3.05. The Labute approximate surface area is 165 Å². The van der Waals surface area contributed by atoms with Gasteiger partial charge in [0.05, 0.1) is 17.0 Å². The predicted octanol–water partition coefficient (Wildman–Crippen LogP) is 3.85. The molecular formula is C20H17N5O2S. The highest BCUT2D eigenvalue weighted by Gasteiger charge is 2.16. The molecule has 0 unspecified atom stereocenters. The number of ether oxygens (including phenoxy) is 2. The Kier molecular flexibility index (Phi) is 4.12. The fourth-order valence-corrected chi connectivity index (χ4v) is 4.01. The third-order valence-corrected chi connectivity index (χ3v) is 5.69. The summed E-state index contributed by atoms with van der Waals surface area (Å²) in [5.41, 5.74) is 4.13. The largest absolute Gasteiger partial charge is 0.454 e. The van der Waals surface area contributed by atoms with Gasteiger partial charge in [-0.3, -0.25) is 0 Å². The van der Waals surface area contributed by atoms with E-state index < -0.39 is 0 Å². The van der Waals surface area contributed by atoms with Crippen LogP contribution in [0.3, 0.4) is 0 Å². The number of hydrogen-bond acceptors (Lipinski definition) is 7. The summed E-state index contributed by atoms with van der Waals surface area (Å²) in [6.07, 6.45) is 0. The number of aryl methyl sites for hydroxylation is 2. The zero-order valence-electron chi connectivity index (χ0n) is 15.4. The van der Waals surface area contributed by atoms with E-state index >= 15 is 0 Å². The molecule has 0 N–H and O–H groups in total. The Morgan fingerprint density at radius 1 is 1.04 bits per heavy atom. The average Bonchev–Trinajstić information content (AvgIpc) is 3.34. The maximum absolute atomic E-state index is 5.47. The van der Waals surface area contributed by atoms with Gasteiger partial charge in [0.2, 0.25) is 6.79 Å².